The van der Waals surface area contributed by atoms with Crippen molar-refractivity contribution in [2.24, 2.45) is 5.41 Å². The first-order valence-corrected chi connectivity index (χ1v) is 13.2. The number of nitrogens with zero attached hydrogens (tertiary/aromatic N) is 3. The molecule has 3 aromatic rings. The van der Waals surface area contributed by atoms with Gasteiger partial charge in [0.05, 0.1) is 33.5 Å². The van der Waals surface area contributed by atoms with E-state index < -0.39 is 11.3 Å². The van der Waals surface area contributed by atoms with Crippen LogP contribution in [-0.2, 0) is 0 Å². The largest absolute Gasteiger partial charge is 0.383 e. The Bertz CT molecular complexity index is 1490. The minimum Gasteiger partial charge on any atom is -0.383 e. The summed E-state index contributed by atoms with van der Waals surface area (Å²) in [5.41, 5.74) is 9.41. The SMILES string of the molecule is CC1(CNc2c(C#N)cnc3c(Cl)cc(NC(C4=CN(C5CC5)NN4)c4ccc(F)cc4)cc23)CC(F)(F)C1. The van der Waals surface area contributed by atoms with Crippen LogP contribution in [0.1, 0.15) is 49.8 Å². The molecule has 1 unspecified atom stereocenters. The summed E-state index contributed by atoms with van der Waals surface area (Å²) in [7, 11) is 0. The van der Waals surface area contributed by atoms with Crippen LogP contribution >= 0.6 is 11.6 Å². The van der Waals surface area contributed by atoms with Crippen LogP contribution in [0.15, 0.2) is 54.5 Å². The van der Waals surface area contributed by atoms with E-state index in [0.717, 1.165) is 24.1 Å². The second kappa shape index (κ2) is 9.50. The maximum absolute atomic E-state index is 13.7. The number of anilines is 2. The van der Waals surface area contributed by atoms with Gasteiger partial charge in [0.1, 0.15) is 11.9 Å². The Kier molecular flexibility index (Phi) is 6.24. The van der Waals surface area contributed by atoms with Crippen LogP contribution in [0.5, 0.6) is 0 Å². The van der Waals surface area contributed by atoms with Gasteiger partial charge in [-0.1, -0.05) is 30.7 Å². The molecule has 7 nitrogen and oxygen atoms in total. The Morgan fingerprint density at radius 1 is 1.23 bits per heavy atom. The molecule has 202 valence electrons. The fourth-order valence-electron chi connectivity index (χ4n) is 5.44. The predicted octanol–water partition coefficient (Wildman–Crippen LogP) is 6.23. The van der Waals surface area contributed by atoms with Crippen molar-refractivity contribution in [1.29, 1.82) is 5.26 Å². The summed E-state index contributed by atoms with van der Waals surface area (Å²) in [4.78, 5) is 4.39. The number of nitriles is 1. The summed E-state index contributed by atoms with van der Waals surface area (Å²) in [6.07, 6.45) is 5.23. The van der Waals surface area contributed by atoms with Gasteiger partial charge < -0.3 is 16.1 Å². The van der Waals surface area contributed by atoms with E-state index in [1.54, 1.807) is 25.1 Å². The van der Waals surface area contributed by atoms with E-state index in [-0.39, 0.29) is 31.2 Å². The average molecular weight is 554 g/mol. The molecule has 2 saturated carbocycles. The number of aromatic nitrogens is 1. The van der Waals surface area contributed by atoms with Gasteiger partial charge in [0, 0.05) is 48.9 Å². The molecule has 1 aromatic heterocycles. The van der Waals surface area contributed by atoms with E-state index in [1.165, 1.54) is 18.3 Å². The molecule has 0 bridgehead atoms. The van der Waals surface area contributed by atoms with E-state index in [1.807, 2.05) is 17.3 Å². The van der Waals surface area contributed by atoms with Crippen LogP contribution in [0.25, 0.3) is 10.9 Å². The van der Waals surface area contributed by atoms with Crippen molar-refractivity contribution in [2.45, 2.75) is 50.6 Å². The zero-order valence-electron chi connectivity index (χ0n) is 21.2. The highest BCUT2D eigenvalue weighted by Gasteiger charge is 2.53. The average Bonchev–Trinajstić information content (AvgIpc) is 3.62. The zero-order chi connectivity index (χ0) is 27.4. The first kappa shape index (κ1) is 25.6. The number of pyridine rings is 1. The number of hydrogen-bond donors (Lipinski definition) is 4. The van der Waals surface area contributed by atoms with Gasteiger partial charge in [-0.2, -0.15) is 5.26 Å². The van der Waals surface area contributed by atoms with Crippen molar-refractivity contribution >= 4 is 33.9 Å². The highest BCUT2D eigenvalue weighted by Crippen LogP contribution is 2.52. The van der Waals surface area contributed by atoms with E-state index in [4.69, 9.17) is 11.6 Å². The molecular formula is C28H27ClF3N7. The minimum absolute atomic E-state index is 0.209. The maximum Gasteiger partial charge on any atom is 0.249 e. The van der Waals surface area contributed by atoms with Crippen molar-refractivity contribution in [1.82, 2.24) is 21.0 Å². The predicted molar refractivity (Wildman–Crippen MR) is 144 cm³/mol. The molecule has 6 rings (SSSR count). The lowest BCUT2D eigenvalue weighted by Crippen LogP contribution is -2.47. The number of halogens is 4. The minimum atomic E-state index is -2.66. The van der Waals surface area contributed by atoms with Crippen LogP contribution in [0, 0.1) is 22.6 Å². The van der Waals surface area contributed by atoms with Gasteiger partial charge in [0.25, 0.3) is 0 Å². The number of benzene rings is 2. The summed E-state index contributed by atoms with van der Waals surface area (Å²) in [5.74, 6) is -2.99. The Labute approximate surface area is 229 Å². The van der Waals surface area contributed by atoms with Gasteiger partial charge >= 0.3 is 0 Å². The highest BCUT2D eigenvalue weighted by atomic mass is 35.5. The standard InChI is InChI=1S/C28H27ClF3N7/c1-27(13-28(31,32)14-27)15-35-24-17(10-33)11-34-26-21(24)8-19(9-22(26)29)36-25(16-2-4-18(30)5-3-16)23-12-39(38-37-23)20-6-7-20/h2-5,8-9,11-12,20,25,36-38H,6-7,13-15H2,1H3,(H,34,35). The number of hydrazine groups is 2. The molecule has 2 aliphatic carbocycles. The van der Waals surface area contributed by atoms with Gasteiger partial charge in [-0.25, -0.2) is 13.2 Å². The van der Waals surface area contributed by atoms with Gasteiger partial charge in [0.2, 0.25) is 5.92 Å². The maximum atomic E-state index is 13.7. The molecular weight excluding hydrogens is 527 g/mol. The van der Waals surface area contributed by atoms with Crippen molar-refractivity contribution in [3.8, 4) is 6.07 Å². The highest BCUT2D eigenvalue weighted by molar-refractivity contribution is 6.35. The molecule has 2 fully saturated rings. The van der Waals surface area contributed by atoms with E-state index in [0.29, 0.717) is 38.9 Å². The Hall–Kier alpha value is -3.68. The topological polar surface area (TPSA) is 88.0 Å². The Morgan fingerprint density at radius 3 is 2.64 bits per heavy atom. The molecule has 1 aliphatic heterocycles. The third-order valence-electron chi connectivity index (χ3n) is 7.48. The first-order chi connectivity index (χ1) is 18.6. The molecule has 3 aliphatic rings. The second-order valence-corrected chi connectivity index (χ2v) is 11.4. The van der Waals surface area contributed by atoms with Crippen LogP contribution in [0.4, 0.5) is 24.5 Å². The molecule has 39 heavy (non-hydrogen) atoms. The van der Waals surface area contributed by atoms with Crippen molar-refractivity contribution in [3.63, 3.8) is 0 Å². The van der Waals surface area contributed by atoms with E-state index in [9.17, 15) is 18.4 Å². The summed E-state index contributed by atoms with van der Waals surface area (Å²) in [5, 5.41) is 19.5. The quantitative estimate of drug-likeness (QED) is 0.263. The van der Waals surface area contributed by atoms with Crippen molar-refractivity contribution in [2.75, 3.05) is 17.2 Å². The van der Waals surface area contributed by atoms with Crippen LogP contribution in [0.3, 0.4) is 0 Å². The van der Waals surface area contributed by atoms with Gasteiger partial charge in [-0.15, -0.1) is 5.53 Å². The van der Waals surface area contributed by atoms with Crippen molar-refractivity contribution < 1.29 is 13.2 Å². The summed E-state index contributed by atoms with van der Waals surface area (Å²) >= 11 is 6.67. The number of hydrogen-bond acceptors (Lipinski definition) is 7. The lowest BCUT2D eigenvalue weighted by molar-refractivity contribution is -0.148. The van der Waals surface area contributed by atoms with Gasteiger partial charge in [0.15, 0.2) is 0 Å². The van der Waals surface area contributed by atoms with Gasteiger partial charge in [-0.05, 0) is 48.1 Å². The molecule has 0 amide bonds. The number of rotatable bonds is 8. The fourth-order valence-corrected chi connectivity index (χ4v) is 5.71. The molecule has 0 spiro atoms. The second-order valence-electron chi connectivity index (χ2n) is 11.0. The monoisotopic (exact) mass is 553 g/mol. The molecule has 0 saturated heterocycles. The normalized spacial score (nSPS) is 20.0. The lowest BCUT2D eigenvalue weighted by atomic mass is 9.67. The zero-order valence-corrected chi connectivity index (χ0v) is 21.9. The van der Waals surface area contributed by atoms with E-state index >= 15 is 0 Å². The van der Waals surface area contributed by atoms with Crippen LogP contribution in [0.2, 0.25) is 5.02 Å². The van der Waals surface area contributed by atoms with E-state index in [2.05, 4.69) is 32.6 Å². The number of fused-ring (bicyclic) bond motifs is 1. The number of alkyl halides is 2. The Morgan fingerprint density at radius 2 is 1.97 bits per heavy atom. The molecule has 2 heterocycles. The molecule has 11 heteroatoms. The van der Waals surface area contributed by atoms with Crippen LogP contribution < -0.4 is 21.6 Å². The van der Waals surface area contributed by atoms with Crippen molar-refractivity contribution in [3.05, 3.63) is 76.5 Å². The van der Waals surface area contributed by atoms with Gasteiger partial charge in [-0.3, -0.25) is 9.99 Å². The molecule has 1 atom stereocenters. The summed E-state index contributed by atoms with van der Waals surface area (Å²) < 4.78 is 40.9. The number of nitrogens with one attached hydrogen (secondary N) is 4. The lowest BCUT2D eigenvalue weighted by Gasteiger charge is -2.45. The third kappa shape index (κ3) is 5.16. The molecule has 4 N–H and O–H groups in total. The Balaban J connectivity index is 1.35. The molecule has 0 radical (unpaired) electrons. The summed E-state index contributed by atoms with van der Waals surface area (Å²) in [6.45, 7) is 2.09. The fraction of sp³-hybridized carbons (Fsp3) is 0.357. The summed E-state index contributed by atoms with van der Waals surface area (Å²) in [6, 6.07) is 12.0. The first-order valence-electron chi connectivity index (χ1n) is 12.8. The molecule has 2 aromatic carbocycles. The van der Waals surface area contributed by atoms with Crippen LogP contribution in [-0.4, -0.2) is 28.5 Å². The third-order valence-corrected chi connectivity index (χ3v) is 7.77. The smallest absolute Gasteiger partial charge is 0.249 e.